The van der Waals surface area contributed by atoms with Crippen LogP contribution in [0.3, 0.4) is 0 Å². The molecule has 0 aliphatic carbocycles. The maximum Gasteiger partial charge on any atom is 0.139 e. The van der Waals surface area contributed by atoms with Crippen molar-refractivity contribution in [3.05, 3.63) is 60.2 Å². The van der Waals surface area contributed by atoms with Gasteiger partial charge in [-0.1, -0.05) is 50.5 Å². The lowest BCUT2D eigenvalue weighted by atomic mass is 10.0. The number of halogens is 1. The second-order valence-corrected chi connectivity index (χ2v) is 5.75. The summed E-state index contributed by atoms with van der Waals surface area (Å²) in [4.78, 5) is 4.54. The molecule has 0 radical (unpaired) electrons. The van der Waals surface area contributed by atoms with Crippen molar-refractivity contribution in [2.75, 3.05) is 0 Å². The molecule has 0 N–H and O–H groups in total. The fourth-order valence-corrected chi connectivity index (χ4v) is 2.70. The van der Waals surface area contributed by atoms with E-state index in [9.17, 15) is 4.39 Å². The summed E-state index contributed by atoms with van der Waals surface area (Å²) >= 11 is 0. The van der Waals surface area contributed by atoms with Gasteiger partial charge in [0.1, 0.15) is 11.5 Å². The van der Waals surface area contributed by atoms with E-state index in [0.717, 1.165) is 23.3 Å². The Bertz CT molecular complexity index is 744. The molecular formula is C19H21FN2. The third-order valence-corrected chi connectivity index (χ3v) is 3.98. The molecule has 0 saturated heterocycles. The highest BCUT2D eigenvalue weighted by Gasteiger charge is 2.05. The van der Waals surface area contributed by atoms with E-state index >= 15 is 0 Å². The molecule has 0 bridgehead atoms. The third-order valence-electron chi connectivity index (χ3n) is 3.98. The molecule has 0 unspecified atom stereocenters. The second kappa shape index (κ2) is 6.73. The molecule has 2 nitrogen and oxygen atoms in total. The minimum absolute atomic E-state index is 0.251. The fourth-order valence-electron chi connectivity index (χ4n) is 2.70. The van der Waals surface area contributed by atoms with Crippen LogP contribution in [0.1, 0.15) is 38.2 Å². The van der Waals surface area contributed by atoms with Gasteiger partial charge in [0.05, 0.1) is 5.69 Å². The molecule has 2 aromatic heterocycles. The molecule has 114 valence electrons. The highest BCUT2D eigenvalue weighted by atomic mass is 19.1. The maximum absolute atomic E-state index is 13.2. The number of hydrogen-bond donors (Lipinski definition) is 0. The first-order valence-electron chi connectivity index (χ1n) is 8.00. The molecule has 3 heteroatoms. The lowest BCUT2D eigenvalue weighted by Crippen LogP contribution is -1.86. The van der Waals surface area contributed by atoms with Crippen LogP contribution in [0, 0.1) is 5.82 Å². The summed E-state index contributed by atoms with van der Waals surface area (Å²) in [5.74, 6) is -0.251. The Labute approximate surface area is 130 Å². The van der Waals surface area contributed by atoms with E-state index in [2.05, 4.69) is 36.2 Å². The predicted octanol–water partition coefficient (Wildman–Crippen LogP) is 5.26. The molecule has 0 aliphatic heterocycles. The molecule has 0 amide bonds. The van der Waals surface area contributed by atoms with Crippen molar-refractivity contribution in [2.45, 2.75) is 39.0 Å². The number of nitrogens with zero attached hydrogens (tertiary/aromatic N) is 2. The summed E-state index contributed by atoms with van der Waals surface area (Å²) in [6.45, 7) is 2.23. The highest BCUT2D eigenvalue weighted by Crippen LogP contribution is 2.20. The number of fused-ring (bicyclic) bond motifs is 1. The second-order valence-electron chi connectivity index (χ2n) is 5.75. The Kier molecular flexibility index (Phi) is 4.52. The van der Waals surface area contributed by atoms with Gasteiger partial charge >= 0.3 is 0 Å². The summed E-state index contributed by atoms with van der Waals surface area (Å²) in [6, 6.07) is 11.7. The number of benzene rings is 1. The first kappa shape index (κ1) is 14.8. The van der Waals surface area contributed by atoms with Crippen LogP contribution in [-0.2, 0) is 6.42 Å². The molecule has 0 atom stereocenters. The summed E-state index contributed by atoms with van der Waals surface area (Å²) in [6.07, 6.45) is 9.60. The Morgan fingerprint density at radius 1 is 0.955 bits per heavy atom. The summed E-state index contributed by atoms with van der Waals surface area (Å²) in [5, 5.41) is 0. The largest absolute Gasteiger partial charge is 0.304 e. The lowest BCUT2D eigenvalue weighted by molar-refractivity contribution is 0.619. The average Bonchev–Trinajstić information content (AvgIpc) is 2.95. The first-order valence-corrected chi connectivity index (χ1v) is 8.00. The van der Waals surface area contributed by atoms with Crippen LogP contribution in [0.2, 0.25) is 0 Å². The zero-order valence-corrected chi connectivity index (χ0v) is 12.9. The van der Waals surface area contributed by atoms with Crippen molar-refractivity contribution < 1.29 is 4.39 Å². The Hall–Kier alpha value is -2.16. The van der Waals surface area contributed by atoms with Gasteiger partial charge in [0.25, 0.3) is 0 Å². The summed E-state index contributed by atoms with van der Waals surface area (Å²) in [5.41, 5.74) is 4.08. The van der Waals surface area contributed by atoms with Gasteiger partial charge in [-0.05, 0) is 30.5 Å². The van der Waals surface area contributed by atoms with Gasteiger partial charge in [-0.3, -0.25) is 0 Å². The zero-order valence-electron chi connectivity index (χ0n) is 12.9. The molecule has 0 saturated carbocycles. The van der Waals surface area contributed by atoms with E-state index in [-0.39, 0.29) is 5.82 Å². The van der Waals surface area contributed by atoms with Crippen molar-refractivity contribution in [3.63, 3.8) is 0 Å². The van der Waals surface area contributed by atoms with E-state index in [1.165, 1.54) is 43.5 Å². The molecule has 0 fully saturated rings. The van der Waals surface area contributed by atoms with Gasteiger partial charge in [-0.2, -0.15) is 0 Å². The SMILES string of the molecule is CCCCCCc1ccc(-c2cn3cc(F)ccc3n2)cc1. The Morgan fingerprint density at radius 2 is 1.77 bits per heavy atom. The van der Waals surface area contributed by atoms with Gasteiger partial charge < -0.3 is 4.40 Å². The molecule has 0 spiro atoms. The van der Waals surface area contributed by atoms with Crippen LogP contribution in [0.25, 0.3) is 16.9 Å². The number of hydrogen-bond acceptors (Lipinski definition) is 1. The van der Waals surface area contributed by atoms with Gasteiger partial charge in [0.15, 0.2) is 0 Å². The van der Waals surface area contributed by atoms with Crippen LogP contribution in [0.5, 0.6) is 0 Å². The first-order chi connectivity index (χ1) is 10.8. The van der Waals surface area contributed by atoms with Gasteiger partial charge in [0, 0.05) is 18.0 Å². The lowest BCUT2D eigenvalue weighted by Gasteiger charge is -2.02. The minimum atomic E-state index is -0.251. The number of imidazole rings is 1. The van der Waals surface area contributed by atoms with Crippen LogP contribution in [0.4, 0.5) is 4.39 Å². The molecular weight excluding hydrogens is 275 g/mol. The maximum atomic E-state index is 13.2. The molecule has 0 aliphatic rings. The van der Waals surface area contributed by atoms with Crippen molar-refractivity contribution in [1.29, 1.82) is 0 Å². The van der Waals surface area contributed by atoms with E-state index in [1.807, 2.05) is 6.20 Å². The quantitative estimate of drug-likeness (QED) is 0.567. The van der Waals surface area contributed by atoms with Crippen LogP contribution in [-0.4, -0.2) is 9.38 Å². The molecule has 2 heterocycles. The predicted molar refractivity (Wildman–Crippen MR) is 88.4 cm³/mol. The summed E-state index contributed by atoms with van der Waals surface area (Å²) < 4.78 is 15.0. The Morgan fingerprint density at radius 3 is 2.55 bits per heavy atom. The zero-order chi connectivity index (χ0) is 15.4. The van der Waals surface area contributed by atoms with Crippen LogP contribution >= 0.6 is 0 Å². The minimum Gasteiger partial charge on any atom is -0.304 e. The summed E-state index contributed by atoms with van der Waals surface area (Å²) in [7, 11) is 0. The van der Waals surface area contributed by atoms with Crippen molar-refractivity contribution in [2.24, 2.45) is 0 Å². The van der Waals surface area contributed by atoms with Gasteiger partial charge in [0.2, 0.25) is 0 Å². The van der Waals surface area contributed by atoms with E-state index in [4.69, 9.17) is 0 Å². The van der Waals surface area contributed by atoms with E-state index in [1.54, 1.807) is 10.5 Å². The van der Waals surface area contributed by atoms with Crippen LogP contribution < -0.4 is 0 Å². The van der Waals surface area contributed by atoms with Gasteiger partial charge in [-0.15, -0.1) is 0 Å². The molecule has 3 rings (SSSR count). The smallest absolute Gasteiger partial charge is 0.139 e. The molecule has 1 aromatic carbocycles. The van der Waals surface area contributed by atoms with Gasteiger partial charge in [-0.25, -0.2) is 9.37 Å². The number of pyridine rings is 1. The van der Waals surface area contributed by atoms with E-state index in [0.29, 0.717) is 0 Å². The number of aromatic nitrogens is 2. The monoisotopic (exact) mass is 296 g/mol. The average molecular weight is 296 g/mol. The van der Waals surface area contributed by atoms with E-state index < -0.39 is 0 Å². The van der Waals surface area contributed by atoms with Crippen molar-refractivity contribution in [3.8, 4) is 11.3 Å². The number of aryl methyl sites for hydroxylation is 1. The third kappa shape index (κ3) is 3.35. The number of rotatable bonds is 6. The fraction of sp³-hybridized carbons (Fsp3) is 0.316. The van der Waals surface area contributed by atoms with Crippen molar-refractivity contribution in [1.82, 2.24) is 9.38 Å². The van der Waals surface area contributed by atoms with Crippen molar-refractivity contribution >= 4 is 5.65 Å². The number of unbranched alkanes of at least 4 members (excludes halogenated alkanes) is 3. The molecule has 22 heavy (non-hydrogen) atoms. The standard InChI is InChI=1S/C19H21FN2/c1-2-3-4-5-6-15-7-9-16(10-8-15)18-14-22-13-17(20)11-12-19(22)21-18/h7-14H,2-6H2,1H3. The topological polar surface area (TPSA) is 17.3 Å². The Balaban J connectivity index is 1.73. The normalized spacial score (nSPS) is 11.2. The van der Waals surface area contributed by atoms with Crippen LogP contribution in [0.15, 0.2) is 48.8 Å². The highest BCUT2D eigenvalue weighted by molar-refractivity contribution is 5.62. The molecule has 3 aromatic rings.